The molecule has 32 heavy (non-hydrogen) atoms. The third-order valence-corrected chi connectivity index (χ3v) is 5.00. The number of anilines is 1. The number of ether oxygens (including phenoxy) is 1. The molecule has 0 saturated heterocycles. The molecular weight excluding hydrogens is 415 g/mol. The van der Waals surface area contributed by atoms with Gasteiger partial charge in [0.1, 0.15) is 11.9 Å². The Morgan fingerprint density at radius 2 is 2.09 bits per heavy atom. The summed E-state index contributed by atoms with van der Waals surface area (Å²) >= 11 is 0. The number of fused-ring (bicyclic) bond motifs is 1. The maximum atomic E-state index is 13.7. The summed E-state index contributed by atoms with van der Waals surface area (Å²) in [6, 6.07) is 13.2. The Morgan fingerprint density at radius 1 is 1.22 bits per heavy atom. The van der Waals surface area contributed by atoms with Crippen LogP contribution in [-0.4, -0.2) is 24.9 Å². The lowest BCUT2D eigenvalue weighted by Crippen LogP contribution is -2.10. The Hall–Kier alpha value is -4.47. The molecule has 9 nitrogen and oxygen atoms in total. The Bertz CT molecular complexity index is 1480. The van der Waals surface area contributed by atoms with E-state index >= 15 is 0 Å². The molecular formula is C22H17FN6O3. The predicted octanol–water partition coefficient (Wildman–Crippen LogP) is 3.63. The number of nitrogens with one attached hydrogen (secondary N) is 1. The van der Waals surface area contributed by atoms with Crippen molar-refractivity contribution < 1.29 is 13.7 Å². The Morgan fingerprint density at radius 3 is 2.84 bits per heavy atom. The molecule has 2 aromatic carbocycles. The van der Waals surface area contributed by atoms with Crippen LogP contribution in [0.15, 0.2) is 70.2 Å². The zero-order chi connectivity index (χ0) is 22.2. The zero-order valence-electron chi connectivity index (χ0n) is 16.8. The van der Waals surface area contributed by atoms with Gasteiger partial charge in [-0.15, -0.1) is 0 Å². The van der Waals surface area contributed by atoms with E-state index in [2.05, 4.69) is 24.7 Å². The van der Waals surface area contributed by atoms with Gasteiger partial charge in [-0.2, -0.15) is 5.10 Å². The molecule has 3 N–H and O–H groups in total. The van der Waals surface area contributed by atoms with Crippen molar-refractivity contribution in [1.82, 2.24) is 24.9 Å². The lowest BCUT2D eigenvalue weighted by Gasteiger charge is -2.20. The van der Waals surface area contributed by atoms with E-state index in [0.29, 0.717) is 22.2 Å². The quantitative estimate of drug-likeness (QED) is 0.434. The van der Waals surface area contributed by atoms with Crippen molar-refractivity contribution in [2.45, 2.75) is 13.0 Å². The standard InChI is InChI=1S/C22H17FN6O3/c1-12(31-19-11-14-9-15(23)4-5-17(14)26-20(19)24)16-10-13(21-27-22(30)32-28-21)3-6-18(16)29-8-2-7-25-29/h2-12H,1H3,(H2,24,26)(H,27,28,30)/t12-/m0/s1. The van der Waals surface area contributed by atoms with Gasteiger partial charge in [-0.3, -0.25) is 9.51 Å². The van der Waals surface area contributed by atoms with Crippen LogP contribution in [0.3, 0.4) is 0 Å². The van der Waals surface area contributed by atoms with Crippen LogP contribution in [0.5, 0.6) is 5.75 Å². The molecule has 10 heteroatoms. The molecule has 0 aliphatic rings. The van der Waals surface area contributed by atoms with Gasteiger partial charge in [0, 0.05) is 28.9 Å². The normalized spacial score (nSPS) is 12.2. The number of hydrogen-bond donors (Lipinski definition) is 2. The van der Waals surface area contributed by atoms with Gasteiger partial charge in [-0.05, 0) is 55.5 Å². The molecule has 0 unspecified atom stereocenters. The smallest absolute Gasteiger partial charge is 0.439 e. The first-order valence-corrected chi connectivity index (χ1v) is 9.71. The van der Waals surface area contributed by atoms with Crippen molar-refractivity contribution in [3.8, 4) is 22.8 Å². The zero-order valence-corrected chi connectivity index (χ0v) is 16.8. The first-order valence-electron chi connectivity index (χ1n) is 9.71. The van der Waals surface area contributed by atoms with Crippen molar-refractivity contribution in [3.63, 3.8) is 0 Å². The average molecular weight is 432 g/mol. The highest BCUT2D eigenvalue weighted by molar-refractivity contribution is 5.82. The summed E-state index contributed by atoms with van der Waals surface area (Å²) < 4.78 is 26.1. The Kier molecular flexibility index (Phi) is 4.66. The highest BCUT2D eigenvalue weighted by Gasteiger charge is 2.19. The maximum Gasteiger partial charge on any atom is 0.439 e. The minimum absolute atomic E-state index is 0.189. The summed E-state index contributed by atoms with van der Waals surface area (Å²) in [6.07, 6.45) is 2.96. The number of nitrogens with zero attached hydrogens (tertiary/aromatic N) is 4. The lowest BCUT2D eigenvalue weighted by atomic mass is 10.0. The molecule has 3 aromatic heterocycles. The molecule has 160 valence electrons. The molecule has 0 bridgehead atoms. The Labute approximate surface area is 180 Å². The van der Waals surface area contributed by atoms with Gasteiger partial charge in [0.05, 0.1) is 11.2 Å². The maximum absolute atomic E-state index is 13.7. The number of pyridine rings is 1. The number of halogens is 1. The molecule has 3 heterocycles. The molecule has 1 atom stereocenters. The number of nitrogen functional groups attached to an aromatic ring is 1. The summed E-state index contributed by atoms with van der Waals surface area (Å²) in [5, 5.41) is 8.62. The van der Waals surface area contributed by atoms with Crippen LogP contribution in [0.2, 0.25) is 0 Å². The van der Waals surface area contributed by atoms with E-state index in [9.17, 15) is 9.18 Å². The van der Waals surface area contributed by atoms with E-state index in [1.165, 1.54) is 12.1 Å². The summed E-state index contributed by atoms with van der Waals surface area (Å²) in [5.74, 6) is -0.226. The van der Waals surface area contributed by atoms with E-state index in [1.54, 1.807) is 41.3 Å². The minimum atomic E-state index is -0.649. The highest BCUT2D eigenvalue weighted by atomic mass is 19.1. The van der Waals surface area contributed by atoms with Crippen molar-refractivity contribution in [2.75, 3.05) is 5.73 Å². The molecule has 0 fully saturated rings. The number of hydrogen-bond acceptors (Lipinski definition) is 7. The van der Waals surface area contributed by atoms with Crippen LogP contribution < -0.4 is 16.2 Å². The monoisotopic (exact) mass is 432 g/mol. The van der Waals surface area contributed by atoms with Crippen molar-refractivity contribution in [3.05, 3.63) is 82.9 Å². The van der Waals surface area contributed by atoms with Crippen LogP contribution in [-0.2, 0) is 0 Å². The molecule has 0 radical (unpaired) electrons. The van der Waals surface area contributed by atoms with Gasteiger partial charge in [-0.1, -0.05) is 5.16 Å². The molecule has 0 amide bonds. The van der Waals surface area contributed by atoms with Crippen LogP contribution in [0, 0.1) is 5.82 Å². The fourth-order valence-corrected chi connectivity index (χ4v) is 3.49. The second-order valence-corrected chi connectivity index (χ2v) is 7.14. The first kappa shape index (κ1) is 19.5. The number of benzene rings is 2. The van der Waals surface area contributed by atoms with Crippen molar-refractivity contribution in [2.24, 2.45) is 0 Å². The summed E-state index contributed by atoms with van der Waals surface area (Å²) in [6.45, 7) is 1.84. The summed E-state index contributed by atoms with van der Waals surface area (Å²) in [5.41, 5.74) is 8.80. The third-order valence-electron chi connectivity index (χ3n) is 5.00. The van der Waals surface area contributed by atoms with Gasteiger partial charge < -0.3 is 10.5 Å². The van der Waals surface area contributed by atoms with E-state index in [1.807, 2.05) is 19.1 Å². The van der Waals surface area contributed by atoms with Crippen LogP contribution in [0.25, 0.3) is 28.0 Å². The fourth-order valence-electron chi connectivity index (χ4n) is 3.49. The van der Waals surface area contributed by atoms with E-state index in [0.717, 1.165) is 11.3 Å². The highest BCUT2D eigenvalue weighted by Crippen LogP contribution is 2.33. The summed E-state index contributed by atoms with van der Waals surface area (Å²) in [7, 11) is 0. The molecule has 0 spiro atoms. The fraction of sp³-hybridized carbons (Fsp3) is 0.0909. The lowest BCUT2D eigenvalue weighted by molar-refractivity contribution is 0.227. The van der Waals surface area contributed by atoms with Crippen LogP contribution in [0.4, 0.5) is 10.2 Å². The SMILES string of the molecule is C[C@H](Oc1cc2cc(F)ccc2nc1N)c1cc(-c2noc(=O)[nH]2)ccc1-n1cccn1. The van der Waals surface area contributed by atoms with Gasteiger partial charge in [0.15, 0.2) is 17.4 Å². The van der Waals surface area contributed by atoms with Gasteiger partial charge in [0.2, 0.25) is 0 Å². The summed E-state index contributed by atoms with van der Waals surface area (Å²) in [4.78, 5) is 18.2. The average Bonchev–Trinajstić information content (AvgIpc) is 3.46. The molecule has 5 rings (SSSR count). The van der Waals surface area contributed by atoms with Crippen molar-refractivity contribution in [1.29, 1.82) is 0 Å². The van der Waals surface area contributed by atoms with E-state index in [-0.39, 0.29) is 17.5 Å². The van der Waals surface area contributed by atoms with E-state index < -0.39 is 11.9 Å². The van der Waals surface area contributed by atoms with Gasteiger partial charge in [-0.25, -0.2) is 18.9 Å². The number of nitrogens with two attached hydrogens (primary N) is 1. The second-order valence-electron chi connectivity index (χ2n) is 7.14. The van der Waals surface area contributed by atoms with Gasteiger partial charge >= 0.3 is 5.76 Å². The molecule has 0 aliphatic heterocycles. The van der Waals surface area contributed by atoms with Crippen LogP contribution >= 0.6 is 0 Å². The predicted molar refractivity (Wildman–Crippen MR) is 115 cm³/mol. The topological polar surface area (TPSA) is 125 Å². The van der Waals surface area contributed by atoms with Crippen molar-refractivity contribution >= 4 is 16.7 Å². The molecule has 0 aliphatic carbocycles. The number of aromatic nitrogens is 5. The third kappa shape index (κ3) is 3.58. The number of rotatable bonds is 5. The largest absolute Gasteiger partial charge is 0.482 e. The number of aromatic amines is 1. The van der Waals surface area contributed by atoms with Gasteiger partial charge in [0.25, 0.3) is 0 Å². The Balaban J connectivity index is 1.57. The number of H-pyrrole nitrogens is 1. The molecule has 5 aromatic rings. The second kappa shape index (κ2) is 7.65. The molecule has 0 saturated carbocycles. The first-order chi connectivity index (χ1) is 15.5. The van der Waals surface area contributed by atoms with E-state index in [4.69, 9.17) is 10.5 Å². The minimum Gasteiger partial charge on any atom is -0.482 e. The van der Waals surface area contributed by atoms with Crippen LogP contribution in [0.1, 0.15) is 18.6 Å².